The first-order chi connectivity index (χ1) is 25.7. The van der Waals surface area contributed by atoms with Gasteiger partial charge in [-0.25, -0.2) is 16.8 Å². The number of hydrogen-bond acceptors (Lipinski definition) is 8. The smallest absolute Gasteiger partial charge is 0.748 e. The minimum absolute atomic E-state index is 0. The van der Waals surface area contributed by atoms with Crippen molar-refractivity contribution in [3.63, 3.8) is 0 Å². The molecule has 0 radical (unpaired) electrons. The Bertz CT molecular complexity index is 1080. The molecule has 0 aliphatic carbocycles. The van der Waals surface area contributed by atoms with Gasteiger partial charge in [-0.1, -0.05) is 141 Å². The molecule has 0 fully saturated rings. The molecule has 0 aliphatic heterocycles. The summed E-state index contributed by atoms with van der Waals surface area (Å²) in [5, 5.41) is 0. The van der Waals surface area contributed by atoms with Crippen molar-refractivity contribution in [3.05, 3.63) is 24.3 Å². The molecular weight excluding hydrogens is 771 g/mol. The molecule has 320 valence electrons. The molecule has 0 saturated carbocycles. The molecule has 0 aromatic rings. The molecule has 0 aliphatic rings. The van der Waals surface area contributed by atoms with Crippen LogP contribution in [0.3, 0.4) is 0 Å². The van der Waals surface area contributed by atoms with E-state index in [1.54, 1.807) is 14.1 Å². The number of nitrogens with zero attached hydrogens (tertiary/aromatic N) is 2. The van der Waals surface area contributed by atoms with Gasteiger partial charge in [0.15, 0.2) is 0 Å². The van der Waals surface area contributed by atoms with Gasteiger partial charge in [0.2, 0.25) is 11.8 Å². The number of amides is 2. The Morgan fingerprint density at radius 2 is 0.661 bits per heavy atom. The summed E-state index contributed by atoms with van der Waals surface area (Å²) in [5.41, 5.74) is 0. The zero-order chi connectivity index (χ0) is 40.8. The van der Waals surface area contributed by atoms with Crippen LogP contribution < -0.4 is 59.1 Å². The summed E-state index contributed by atoms with van der Waals surface area (Å²) in [6, 6.07) is 0. The number of unbranched alkanes of at least 4 members (excludes halogenated alkanes) is 22. The van der Waals surface area contributed by atoms with Crippen LogP contribution in [-0.4, -0.2) is 86.2 Å². The standard InChI is InChI=1S/2C21H41NO4S.2Na/c2*1-3-4-5-6-7-8-9-10-11-12-13-14-15-16-17-18-21(23)22(2)19-20-27(24,25)26;;/h2*10-11H,3-9,12-20H2,1-2H3,(H,24,25,26);;/q;;2*+1/p-2/b2*11-10-;;. The second-order valence-corrected chi connectivity index (χ2v) is 17.9. The first-order valence-corrected chi connectivity index (χ1v) is 24.5. The predicted molar refractivity (Wildman–Crippen MR) is 223 cm³/mol. The molecule has 0 unspecified atom stereocenters. The Hall–Kier alpha value is 0.240. The Kier molecular flexibility index (Phi) is 50.3. The van der Waals surface area contributed by atoms with Crippen molar-refractivity contribution in [1.29, 1.82) is 0 Å². The Balaban J connectivity index is -0.000000466. The van der Waals surface area contributed by atoms with Crippen LogP contribution in [0.25, 0.3) is 0 Å². The molecule has 0 atom stereocenters. The predicted octanol–water partition coefficient (Wildman–Crippen LogP) is 4.06. The minimum atomic E-state index is -4.25. The van der Waals surface area contributed by atoms with Crippen LogP contribution in [0.5, 0.6) is 0 Å². The van der Waals surface area contributed by atoms with Gasteiger partial charge < -0.3 is 18.9 Å². The maximum atomic E-state index is 11.8. The van der Waals surface area contributed by atoms with Gasteiger partial charge in [0.05, 0.1) is 31.7 Å². The maximum absolute atomic E-state index is 11.8. The number of carbonyl (C=O) groups excluding carboxylic acids is 2. The van der Waals surface area contributed by atoms with Crippen molar-refractivity contribution < 1.29 is 94.6 Å². The quantitative estimate of drug-likeness (QED) is 0.0396. The van der Waals surface area contributed by atoms with Crippen molar-refractivity contribution in [2.45, 2.75) is 194 Å². The fraction of sp³-hybridized carbons (Fsp3) is 0.857. The monoisotopic (exact) mass is 851 g/mol. The fourth-order valence-electron chi connectivity index (χ4n) is 5.82. The van der Waals surface area contributed by atoms with E-state index in [4.69, 9.17) is 0 Å². The molecule has 0 bridgehead atoms. The molecule has 56 heavy (non-hydrogen) atoms. The van der Waals surface area contributed by atoms with Crippen LogP contribution in [-0.2, 0) is 29.8 Å². The maximum Gasteiger partial charge on any atom is 1.00 e. The number of rotatable bonds is 36. The van der Waals surface area contributed by atoms with Gasteiger partial charge in [-0.15, -0.1) is 0 Å². The van der Waals surface area contributed by atoms with Gasteiger partial charge in [-0.2, -0.15) is 0 Å². The molecule has 0 rings (SSSR count). The first kappa shape index (κ1) is 62.9. The molecule has 10 nitrogen and oxygen atoms in total. The zero-order valence-corrected chi connectivity index (χ0v) is 42.5. The summed E-state index contributed by atoms with van der Waals surface area (Å²) in [4.78, 5) is 26.3. The average Bonchev–Trinajstić information content (AvgIpc) is 3.12. The van der Waals surface area contributed by atoms with Crippen LogP contribution in [0.1, 0.15) is 194 Å². The first-order valence-electron chi connectivity index (χ1n) is 21.4. The Morgan fingerprint density at radius 1 is 0.429 bits per heavy atom. The van der Waals surface area contributed by atoms with E-state index in [9.17, 15) is 35.5 Å². The zero-order valence-electron chi connectivity index (χ0n) is 36.9. The summed E-state index contributed by atoms with van der Waals surface area (Å²) in [6.07, 6.45) is 41.6. The van der Waals surface area contributed by atoms with Gasteiger partial charge in [0.1, 0.15) is 0 Å². The molecule has 2 amide bonds. The van der Waals surface area contributed by atoms with Crippen LogP contribution in [0.4, 0.5) is 0 Å². The summed E-state index contributed by atoms with van der Waals surface area (Å²) >= 11 is 0. The topological polar surface area (TPSA) is 155 Å². The Labute approximate surface area is 389 Å². The number of carbonyl (C=O) groups is 2. The largest absolute Gasteiger partial charge is 1.00 e. The number of hydrogen-bond donors (Lipinski definition) is 0. The average molecular weight is 851 g/mol. The molecule has 0 aromatic heterocycles. The second-order valence-electron chi connectivity index (χ2n) is 14.8. The van der Waals surface area contributed by atoms with E-state index in [0.29, 0.717) is 12.8 Å². The van der Waals surface area contributed by atoms with Gasteiger partial charge in [0, 0.05) is 40.0 Å². The van der Waals surface area contributed by atoms with Crippen LogP contribution in [0.2, 0.25) is 0 Å². The second kappa shape index (κ2) is 44.8. The van der Waals surface area contributed by atoms with Crippen LogP contribution >= 0.6 is 0 Å². The van der Waals surface area contributed by atoms with Crippen LogP contribution in [0, 0.1) is 0 Å². The summed E-state index contributed by atoms with van der Waals surface area (Å²) in [7, 11) is -5.41. The molecule has 0 heterocycles. The summed E-state index contributed by atoms with van der Waals surface area (Å²) in [5.74, 6) is -1.20. The van der Waals surface area contributed by atoms with Crippen molar-refractivity contribution in [2.75, 3.05) is 38.7 Å². The van der Waals surface area contributed by atoms with Gasteiger partial charge in [0.25, 0.3) is 0 Å². The van der Waals surface area contributed by atoms with E-state index < -0.39 is 31.7 Å². The van der Waals surface area contributed by atoms with E-state index in [-0.39, 0.29) is 84.0 Å². The molecule has 0 N–H and O–H groups in total. The molecule has 0 saturated heterocycles. The fourth-order valence-corrected chi connectivity index (χ4v) is 6.82. The van der Waals surface area contributed by atoms with Crippen molar-refractivity contribution in [1.82, 2.24) is 9.80 Å². The van der Waals surface area contributed by atoms with E-state index in [0.717, 1.165) is 51.4 Å². The summed E-state index contributed by atoms with van der Waals surface area (Å²) < 4.78 is 63.4. The van der Waals surface area contributed by atoms with Crippen molar-refractivity contribution in [3.8, 4) is 0 Å². The van der Waals surface area contributed by atoms with Crippen molar-refractivity contribution >= 4 is 32.1 Å². The van der Waals surface area contributed by atoms with E-state index in [1.807, 2.05) is 0 Å². The number of allylic oxidation sites excluding steroid dienone is 4. The van der Waals surface area contributed by atoms with Gasteiger partial charge >= 0.3 is 59.1 Å². The molecule has 0 spiro atoms. The Morgan fingerprint density at radius 3 is 0.911 bits per heavy atom. The SMILES string of the molecule is CCCCCCCC/C=C\CCCCCCCC(=O)N(C)CCS(=O)(=O)[O-].CCCCCCCC/C=C\CCCCCCCC(=O)N(C)CCS(=O)(=O)[O-].[Na+].[Na+]. The third-order valence-electron chi connectivity index (χ3n) is 9.51. The molecule has 14 heteroatoms. The van der Waals surface area contributed by atoms with Crippen LogP contribution in [0.15, 0.2) is 24.3 Å². The van der Waals surface area contributed by atoms with E-state index in [2.05, 4.69) is 38.2 Å². The van der Waals surface area contributed by atoms with Crippen molar-refractivity contribution in [2.24, 2.45) is 0 Å². The van der Waals surface area contributed by atoms with Gasteiger partial charge in [-0.05, 0) is 64.2 Å². The third-order valence-corrected chi connectivity index (χ3v) is 10.9. The van der Waals surface area contributed by atoms with E-state index in [1.165, 1.54) is 125 Å². The normalized spacial score (nSPS) is 11.5. The van der Waals surface area contributed by atoms with Gasteiger partial charge in [-0.3, -0.25) is 9.59 Å². The molecule has 0 aromatic carbocycles. The van der Waals surface area contributed by atoms with E-state index >= 15 is 0 Å². The minimum Gasteiger partial charge on any atom is -0.748 e. The molecular formula is C42H80N2Na2O8S2. The summed E-state index contributed by atoms with van der Waals surface area (Å²) in [6.45, 7) is 4.46. The third kappa shape index (κ3) is 52.3.